The number of piperidine rings is 1. The van der Waals surface area contributed by atoms with E-state index in [1.807, 2.05) is 53.3 Å². The third kappa shape index (κ3) is 5.08. The molecule has 2 heterocycles. The molecule has 32 heavy (non-hydrogen) atoms. The molecular formula is C24H28N4O3S. The van der Waals surface area contributed by atoms with Crippen LogP contribution in [-0.2, 0) is 16.6 Å². The van der Waals surface area contributed by atoms with Crippen molar-refractivity contribution in [2.24, 2.45) is 0 Å². The zero-order valence-electron chi connectivity index (χ0n) is 18.1. The summed E-state index contributed by atoms with van der Waals surface area (Å²) in [6, 6.07) is 17.6. The minimum Gasteiger partial charge on any atom is -0.349 e. The molecule has 3 aromatic rings. The summed E-state index contributed by atoms with van der Waals surface area (Å²) in [5, 5.41) is 7.34. The first kappa shape index (κ1) is 22.2. The Morgan fingerprint density at radius 1 is 1.06 bits per heavy atom. The van der Waals surface area contributed by atoms with Gasteiger partial charge in [-0.25, -0.2) is 12.7 Å². The molecule has 8 heteroatoms. The highest BCUT2D eigenvalue weighted by Gasteiger charge is 2.28. The maximum Gasteiger partial charge on any atom is 0.252 e. The standard InChI is InChI=1S/C24H28N4O3S/c1-2-32(30,31)28-16-12-21(13-17-28)26-24(29)23-7-4-3-6-22(23)20-10-8-19(9-11-20)18-27-15-5-14-25-27/h3-11,14-15,21H,2,12-13,16-18H2,1H3,(H,26,29). The van der Waals surface area contributed by atoms with Crippen LogP contribution in [0.2, 0.25) is 0 Å². The van der Waals surface area contributed by atoms with Gasteiger partial charge in [-0.3, -0.25) is 9.48 Å². The molecule has 0 radical (unpaired) electrons. The van der Waals surface area contributed by atoms with Gasteiger partial charge in [-0.15, -0.1) is 0 Å². The highest BCUT2D eigenvalue weighted by Crippen LogP contribution is 2.25. The van der Waals surface area contributed by atoms with Crippen molar-refractivity contribution < 1.29 is 13.2 Å². The Bertz CT molecular complexity index is 1150. The molecule has 0 bridgehead atoms. The fourth-order valence-corrected chi connectivity index (χ4v) is 5.16. The molecule has 7 nitrogen and oxygen atoms in total. The van der Waals surface area contributed by atoms with Crippen LogP contribution in [0, 0.1) is 0 Å². The molecule has 0 spiro atoms. The fraction of sp³-hybridized carbons (Fsp3) is 0.333. The van der Waals surface area contributed by atoms with Crippen LogP contribution in [0.4, 0.5) is 0 Å². The van der Waals surface area contributed by atoms with Crippen molar-refractivity contribution >= 4 is 15.9 Å². The predicted molar refractivity (Wildman–Crippen MR) is 125 cm³/mol. The van der Waals surface area contributed by atoms with Crippen LogP contribution in [0.25, 0.3) is 11.1 Å². The Kier molecular flexibility index (Phi) is 6.72. The number of carbonyl (C=O) groups excluding carboxylic acids is 1. The summed E-state index contributed by atoms with van der Waals surface area (Å²) >= 11 is 0. The van der Waals surface area contributed by atoms with Gasteiger partial charge in [0.25, 0.3) is 5.91 Å². The molecule has 0 atom stereocenters. The highest BCUT2D eigenvalue weighted by molar-refractivity contribution is 7.89. The second kappa shape index (κ2) is 9.67. The molecule has 1 aromatic heterocycles. The van der Waals surface area contributed by atoms with Gasteiger partial charge in [0.05, 0.1) is 12.3 Å². The van der Waals surface area contributed by atoms with Gasteiger partial charge in [0.15, 0.2) is 0 Å². The first-order valence-electron chi connectivity index (χ1n) is 10.9. The van der Waals surface area contributed by atoms with Crippen molar-refractivity contribution in [3.8, 4) is 11.1 Å². The van der Waals surface area contributed by atoms with Gasteiger partial charge in [0.1, 0.15) is 0 Å². The fourth-order valence-electron chi connectivity index (χ4n) is 4.03. The average molecular weight is 453 g/mol. The molecule has 168 valence electrons. The van der Waals surface area contributed by atoms with Crippen LogP contribution < -0.4 is 5.32 Å². The van der Waals surface area contributed by atoms with E-state index < -0.39 is 10.0 Å². The van der Waals surface area contributed by atoms with Crippen LogP contribution in [0.1, 0.15) is 35.7 Å². The van der Waals surface area contributed by atoms with Gasteiger partial charge < -0.3 is 5.32 Å². The summed E-state index contributed by atoms with van der Waals surface area (Å²) in [6.07, 6.45) is 4.93. The van der Waals surface area contributed by atoms with Crippen LogP contribution in [0.5, 0.6) is 0 Å². The van der Waals surface area contributed by atoms with E-state index >= 15 is 0 Å². The summed E-state index contributed by atoms with van der Waals surface area (Å²) in [5.41, 5.74) is 3.61. The number of aromatic nitrogens is 2. The number of hydrogen-bond acceptors (Lipinski definition) is 4. The lowest BCUT2D eigenvalue weighted by Gasteiger charge is -2.31. The molecule has 1 N–H and O–H groups in total. The normalized spacial score (nSPS) is 15.5. The Balaban J connectivity index is 1.44. The van der Waals surface area contributed by atoms with Crippen LogP contribution >= 0.6 is 0 Å². The summed E-state index contributed by atoms with van der Waals surface area (Å²) in [5.74, 6) is -0.0176. The SMILES string of the molecule is CCS(=O)(=O)N1CCC(NC(=O)c2ccccc2-c2ccc(Cn3cccn3)cc2)CC1. The predicted octanol–water partition coefficient (Wildman–Crippen LogP) is 3.14. The molecule has 1 aliphatic heterocycles. The van der Waals surface area contributed by atoms with Gasteiger partial charge in [-0.2, -0.15) is 5.10 Å². The Morgan fingerprint density at radius 2 is 1.78 bits per heavy atom. The van der Waals surface area contributed by atoms with Crippen molar-refractivity contribution in [3.63, 3.8) is 0 Å². The summed E-state index contributed by atoms with van der Waals surface area (Å²) in [4.78, 5) is 13.1. The monoisotopic (exact) mass is 452 g/mol. The maximum atomic E-state index is 13.1. The van der Waals surface area contributed by atoms with Gasteiger partial charge in [-0.05, 0) is 48.6 Å². The van der Waals surface area contributed by atoms with E-state index in [2.05, 4.69) is 22.5 Å². The van der Waals surface area contributed by atoms with E-state index in [4.69, 9.17) is 0 Å². The highest BCUT2D eigenvalue weighted by atomic mass is 32.2. The van der Waals surface area contributed by atoms with Crippen molar-refractivity contribution in [3.05, 3.63) is 78.1 Å². The van der Waals surface area contributed by atoms with Gasteiger partial charge in [0.2, 0.25) is 10.0 Å². The smallest absolute Gasteiger partial charge is 0.252 e. The number of nitrogens with one attached hydrogen (secondary N) is 1. The number of benzene rings is 2. The molecule has 0 unspecified atom stereocenters. The molecule has 1 aliphatic rings. The van der Waals surface area contributed by atoms with Crippen LogP contribution in [-0.4, -0.2) is 53.3 Å². The third-order valence-electron chi connectivity index (χ3n) is 5.89. The number of amides is 1. The zero-order chi connectivity index (χ0) is 22.6. The quantitative estimate of drug-likeness (QED) is 0.597. The second-order valence-corrected chi connectivity index (χ2v) is 10.3. The number of hydrogen-bond donors (Lipinski definition) is 1. The van der Waals surface area contributed by atoms with E-state index in [0.29, 0.717) is 38.0 Å². The summed E-state index contributed by atoms with van der Waals surface area (Å²) in [6.45, 7) is 3.24. The molecule has 1 amide bonds. The molecule has 0 aliphatic carbocycles. The van der Waals surface area contributed by atoms with E-state index in [9.17, 15) is 13.2 Å². The number of carbonyl (C=O) groups is 1. The van der Waals surface area contributed by atoms with Gasteiger partial charge in [0, 0.05) is 37.1 Å². The largest absolute Gasteiger partial charge is 0.349 e. The van der Waals surface area contributed by atoms with E-state index in [-0.39, 0.29) is 17.7 Å². The van der Waals surface area contributed by atoms with Crippen molar-refractivity contribution in [1.29, 1.82) is 0 Å². The Hall–Kier alpha value is -2.97. The maximum absolute atomic E-state index is 13.1. The van der Waals surface area contributed by atoms with Gasteiger partial charge >= 0.3 is 0 Å². The number of rotatable bonds is 7. The van der Waals surface area contributed by atoms with Crippen LogP contribution in [0.3, 0.4) is 0 Å². The van der Waals surface area contributed by atoms with E-state index in [1.54, 1.807) is 13.1 Å². The zero-order valence-corrected chi connectivity index (χ0v) is 19.0. The summed E-state index contributed by atoms with van der Waals surface area (Å²) in [7, 11) is -3.17. The molecule has 1 saturated heterocycles. The first-order chi connectivity index (χ1) is 15.5. The van der Waals surface area contributed by atoms with Crippen molar-refractivity contribution in [1.82, 2.24) is 19.4 Å². The molecule has 2 aromatic carbocycles. The Labute approximate surface area is 189 Å². The van der Waals surface area contributed by atoms with Crippen molar-refractivity contribution in [2.45, 2.75) is 32.4 Å². The lowest BCUT2D eigenvalue weighted by molar-refractivity contribution is 0.0924. The first-order valence-corrected chi connectivity index (χ1v) is 12.5. The molecular weight excluding hydrogens is 424 g/mol. The minimum absolute atomic E-state index is 0.0321. The molecule has 1 fully saturated rings. The average Bonchev–Trinajstić information content (AvgIpc) is 3.33. The lowest BCUT2D eigenvalue weighted by Crippen LogP contribution is -2.46. The third-order valence-corrected chi connectivity index (χ3v) is 7.77. The molecule has 4 rings (SSSR count). The minimum atomic E-state index is -3.17. The van der Waals surface area contributed by atoms with Crippen molar-refractivity contribution in [2.75, 3.05) is 18.8 Å². The second-order valence-electron chi connectivity index (χ2n) is 7.99. The number of sulfonamides is 1. The van der Waals surface area contributed by atoms with Gasteiger partial charge in [-0.1, -0.05) is 42.5 Å². The Morgan fingerprint density at radius 3 is 2.44 bits per heavy atom. The topological polar surface area (TPSA) is 84.3 Å². The van der Waals surface area contributed by atoms with E-state index in [0.717, 1.165) is 16.7 Å². The van der Waals surface area contributed by atoms with Crippen LogP contribution in [0.15, 0.2) is 67.0 Å². The van der Waals surface area contributed by atoms with E-state index in [1.165, 1.54) is 4.31 Å². The summed E-state index contributed by atoms with van der Waals surface area (Å²) < 4.78 is 27.5. The number of nitrogens with zero attached hydrogens (tertiary/aromatic N) is 3. The molecule has 0 saturated carbocycles. The lowest BCUT2D eigenvalue weighted by atomic mass is 9.97.